The lowest BCUT2D eigenvalue weighted by atomic mass is 9.99. The van der Waals surface area contributed by atoms with Crippen LogP contribution in [-0.4, -0.2) is 72.5 Å². The Morgan fingerprint density at radius 1 is 1.00 bits per heavy atom. The van der Waals surface area contributed by atoms with Gasteiger partial charge in [0.1, 0.15) is 6.04 Å². The van der Waals surface area contributed by atoms with Crippen LogP contribution in [0, 0.1) is 5.92 Å². The van der Waals surface area contributed by atoms with Crippen molar-refractivity contribution in [3.63, 3.8) is 0 Å². The van der Waals surface area contributed by atoms with Crippen molar-refractivity contribution in [1.29, 1.82) is 0 Å². The van der Waals surface area contributed by atoms with Crippen LogP contribution in [0.1, 0.15) is 60.0 Å². The van der Waals surface area contributed by atoms with Crippen LogP contribution in [0.4, 0.5) is 0 Å². The number of amides is 3. The zero-order chi connectivity index (χ0) is 22.8. The Morgan fingerprint density at radius 3 is 2.55 bits per heavy atom. The molecule has 3 fully saturated rings. The molecule has 0 aromatic heterocycles. The van der Waals surface area contributed by atoms with E-state index in [4.69, 9.17) is 4.74 Å². The number of rotatable bonds is 6. The van der Waals surface area contributed by atoms with Gasteiger partial charge < -0.3 is 15.0 Å². The maximum atomic E-state index is 13.0. The molecule has 1 aromatic rings. The van der Waals surface area contributed by atoms with Gasteiger partial charge in [0.2, 0.25) is 11.8 Å². The number of fused-ring (bicyclic) bond motifs is 1. The van der Waals surface area contributed by atoms with Gasteiger partial charge in [0.05, 0.1) is 6.10 Å². The number of likely N-dealkylation sites (tertiary alicyclic amines) is 1. The van der Waals surface area contributed by atoms with E-state index < -0.39 is 6.04 Å². The van der Waals surface area contributed by atoms with Crippen molar-refractivity contribution < 1.29 is 19.1 Å². The summed E-state index contributed by atoms with van der Waals surface area (Å²) in [6, 6.07) is 5.54. The Morgan fingerprint density at radius 2 is 1.79 bits per heavy atom. The van der Waals surface area contributed by atoms with E-state index in [0.717, 1.165) is 63.3 Å². The number of imide groups is 1. The maximum Gasteiger partial charge on any atom is 0.255 e. The molecule has 1 aromatic carbocycles. The zero-order valence-electron chi connectivity index (χ0n) is 19.2. The number of nitrogens with one attached hydrogen (secondary N) is 2. The van der Waals surface area contributed by atoms with E-state index >= 15 is 0 Å². The molecule has 8 heteroatoms. The highest BCUT2D eigenvalue weighted by Crippen LogP contribution is 2.29. The van der Waals surface area contributed by atoms with Gasteiger partial charge >= 0.3 is 0 Å². The fraction of sp³-hybridized carbons (Fsp3) is 0.640. The minimum Gasteiger partial charge on any atom is -0.378 e. The highest BCUT2D eigenvalue weighted by molar-refractivity contribution is 6.05. The summed E-state index contributed by atoms with van der Waals surface area (Å²) in [6.45, 7) is 6.38. The molecule has 0 saturated carbocycles. The van der Waals surface area contributed by atoms with Gasteiger partial charge in [0.25, 0.3) is 5.91 Å². The van der Waals surface area contributed by atoms with Gasteiger partial charge in [-0.15, -0.1) is 0 Å². The lowest BCUT2D eigenvalue weighted by Crippen LogP contribution is -2.52. The first kappa shape index (κ1) is 22.5. The van der Waals surface area contributed by atoms with E-state index in [0.29, 0.717) is 30.6 Å². The predicted octanol–water partition coefficient (Wildman–Crippen LogP) is 1.43. The van der Waals surface area contributed by atoms with Crippen LogP contribution in [0.15, 0.2) is 18.2 Å². The molecule has 3 saturated heterocycles. The van der Waals surface area contributed by atoms with Crippen LogP contribution in [0.5, 0.6) is 0 Å². The van der Waals surface area contributed by atoms with Crippen LogP contribution in [0.2, 0.25) is 0 Å². The fourth-order valence-electron chi connectivity index (χ4n) is 5.51. The summed E-state index contributed by atoms with van der Waals surface area (Å²) in [4.78, 5) is 40.8. The first-order valence-electron chi connectivity index (χ1n) is 12.4. The molecule has 5 rings (SSSR count). The first-order chi connectivity index (χ1) is 16.1. The number of carbonyl (C=O) groups is 3. The minimum absolute atomic E-state index is 0.105. The van der Waals surface area contributed by atoms with E-state index in [1.54, 1.807) is 4.90 Å². The number of hydrogen-bond donors (Lipinski definition) is 2. The third kappa shape index (κ3) is 5.13. The average Bonchev–Trinajstić information content (AvgIpc) is 3.15. The molecule has 8 nitrogen and oxygen atoms in total. The number of benzene rings is 1. The lowest BCUT2D eigenvalue weighted by Gasteiger charge is -2.33. The summed E-state index contributed by atoms with van der Waals surface area (Å²) in [6.07, 6.45) is 5.58. The van der Waals surface area contributed by atoms with Crippen molar-refractivity contribution in [3.8, 4) is 0 Å². The molecule has 0 radical (unpaired) electrons. The van der Waals surface area contributed by atoms with Crippen LogP contribution in [-0.2, 0) is 27.4 Å². The molecule has 0 spiro atoms. The van der Waals surface area contributed by atoms with E-state index in [1.165, 1.54) is 12.8 Å². The number of nitrogens with zero attached hydrogens (tertiary/aromatic N) is 2. The summed E-state index contributed by atoms with van der Waals surface area (Å²) in [7, 11) is 0. The Labute approximate surface area is 195 Å². The quantitative estimate of drug-likeness (QED) is 0.632. The fourth-order valence-corrected chi connectivity index (χ4v) is 5.51. The van der Waals surface area contributed by atoms with Crippen molar-refractivity contribution in [3.05, 3.63) is 34.9 Å². The van der Waals surface area contributed by atoms with Gasteiger partial charge in [0, 0.05) is 44.8 Å². The predicted molar refractivity (Wildman–Crippen MR) is 122 cm³/mol. The van der Waals surface area contributed by atoms with Gasteiger partial charge in [-0.3, -0.25) is 24.6 Å². The topological polar surface area (TPSA) is 91.0 Å². The lowest BCUT2D eigenvalue weighted by molar-refractivity contribution is -0.136. The molecule has 178 valence electrons. The summed E-state index contributed by atoms with van der Waals surface area (Å²) >= 11 is 0. The summed E-state index contributed by atoms with van der Waals surface area (Å²) in [5, 5.41) is 5.77. The number of ether oxygens (including phenoxy) is 1. The largest absolute Gasteiger partial charge is 0.378 e. The maximum absolute atomic E-state index is 13.0. The Kier molecular flexibility index (Phi) is 6.76. The monoisotopic (exact) mass is 454 g/mol. The number of carbonyl (C=O) groups excluding carboxylic acids is 3. The van der Waals surface area contributed by atoms with Gasteiger partial charge in [-0.25, -0.2) is 0 Å². The van der Waals surface area contributed by atoms with Crippen LogP contribution in [0.3, 0.4) is 0 Å². The standard InChI is InChI=1S/C25H34N4O4/c30-23-4-3-22(24(31)27-23)29-15-19-2-1-18(13-21(19)25(29)32)14-28-11-7-20(8-12-28)33-16-17-5-9-26-10-6-17/h1-2,13,17,20,22,26H,3-12,14-16H2,(H,27,30,31). The minimum atomic E-state index is -0.560. The number of piperidine rings is 3. The van der Waals surface area contributed by atoms with Crippen LogP contribution in [0.25, 0.3) is 0 Å². The van der Waals surface area contributed by atoms with Crippen molar-refractivity contribution in [2.24, 2.45) is 5.92 Å². The third-order valence-corrected chi connectivity index (χ3v) is 7.56. The SMILES string of the molecule is O=C1CCC(N2Cc3ccc(CN4CCC(OCC5CCNCC5)CC4)cc3C2=O)C(=O)N1. The molecule has 1 atom stereocenters. The average molecular weight is 455 g/mol. The molecule has 2 N–H and O–H groups in total. The second kappa shape index (κ2) is 9.91. The molecule has 4 aliphatic heterocycles. The van der Waals surface area contributed by atoms with Gasteiger partial charge in [-0.1, -0.05) is 12.1 Å². The van der Waals surface area contributed by atoms with Gasteiger partial charge in [-0.05, 0) is 68.3 Å². The second-order valence-corrected chi connectivity index (χ2v) is 9.89. The highest BCUT2D eigenvalue weighted by Gasteiger charge is 2.39. The van der Waals surface area contributed by atoms with Crippen molar-refractivity contribution in [1.82, 2.24) is 20.4 Å². The first-order valence-corrected chi connectivity index (χ1v) is 12.4. The molecule has 0 aliphatic carbocycles. The normalized spacial score (nSPS) is 25.4. The van der Waals surface area contributed by atoms with E-state index in [1.807, 2.05) is 12.1 Å². The molecular weight excluding hydrogens is 420 g/mol. The Balaban J connectivity index is 1.12. The second-order valence-electron chi connectivity index (χ2n) is 9.89. The van der Waals surface area contributed by atoms with E-state index in [9.17, 15) is 14.4 Å². The summed E-state index contributed by atoms with van der Waals surface area (Å²) < 4.78 is 6.22. The van der Waals surface area contributed by atoms with Crippen molar-refractivity contribution in [2.75, 3.05) is 32.8 Å². The molecular formula is C25H34N4O4. The third-order valence-electron chi connectivity index (χ3n) is 7.56. The van der Waals surface area contributed by atoms with E-state index in [2.05, 4.69) is 21.6 Å². The molecule has 4 heterocycles. The highest BCUT2D eigenvalue weighted by atomic mass is 16.5. The van der Waals surface area contributed by atoms with Crippen molar-refractivity contribution >= 4 is 17.7 Å². The smallest absolute Gasteiger partial charge is 0.255 e. The Bertz CT molecular complexity index is 906. The molecule has 4 aliphatic rings. The van der Waals surface area contributed by atoms with Crippen LogP contribution < -0.4 is 10.6 Å². The van der Waals surface area contributed by atoms with Crippen molar-refractivity contribution in [2.45, 2.75) is 63.8 Å². The number of hydrogen-bond acceptors (Lipinski definition) is 6. The van der Waals surface area contributed by atoms with E-state index in [-0.39, 0.29) is 24.1 Å². The van der Waals surface area contributed by atoms with Crippen LogP contribution >= 0.6 is 0 Å². The molecule has 1 unspecified atom stereocenters. The van der Waals surface area contributed by atoms with Gasteiger partial charge in [0.15, 0.2) is 0 Å². The van der Waals surface area contributed by atoms with Gasteiger partial charge in [-0.2, -0.15) is 0 Å². The zero-order valence-corrected chi connectivity index (χ0v) is 19.2. The molecule has 33 heavy (non-hydrogen) atoms. The Hall–Kier alpha value is -2.29. The summed E-state index contributed by atoms with van der Waals surface area (Å²) in [5.41, 5.74) is 2.78. The molecule has 0 bridgehead atoms. The summed E-state index contributed by atoms with van der Waals surface area (Å²) in [5.74, 6) is -0.0274. The molecule has 3 amide bonds.